The van der Waals surface area contributed by atoms with Crippen molar-refractivity contribution < 1.29 is 18.7 Å². The second-order valence-electron chi connectivity index (χ2n) is 10.6. The number of amides is 1. The highest BCUT2D eigenvalue weighted by Gasteiger charge is 2.32. The number of hydrogen-bond acceptors (Lipinski definition) is 10. The van der Waals surface area contributed by atoms with E-state index in [0.717, 1.165) is 58.9 Å². The summed E-state index contributed by atoms with van der Waals surface area (Å²) in [5.41, 5.74) is 1.53. The second kappa shape index (κ2) is 11.2. The summed E-state index contributed by atoms with van der Waals surface area (Å²) in [4.78, 5) is 30.5. The van der Waals surface area contributed by atoms with Crippen LogP contribution >= 0.6 is 22.7 Å². The van der Waals surface area contributed by atoms with Crippen LogP contribution in [0.5, 0.6) is 0 Å². The van der Waals surface area contributed by atoms with Gasteiger partial charge in [-0.25, -0.2) is 14.4 Å². The third kappa shape index (κ3) is 5.41. The van der Waals surface area contributed by atoms with Crippen LogP contribution < -0.4 is 9.80 Å². The van der Waals surface area contributed by atoms with Gasteiger partial charge in [-0.2, -0.15) is 8.91 Å². The Kier molecular flexibility index (Phi) is 7.66. The number of aromatic nitrogens is 4. The first-order valence-electron chi connectivity index (χ1n) is 13.7. The molecule has 41 heavy (non-hydrogen) atoms. The van der Waals surface area contributed by atoms with E-state index >= 15 is 0 Å². The fourth-order valence-corrected chi connectivity index (χ4v) is 7.10. The minimum atomic E-state index is -0.441. The molecule has 2 saturated heterocycles. The molecule has 0 saturated carbocycles. The average Bonchev–Trinajstić information content (AvgIpc) is 3.63. The number of hydrogen-bond donors (Lipinski definition) is 1. The van der Waals surface area contributed by atoms with E-state index in [-0.39, 0.29) is 23.5 Å². The first-order chi connectivity index (χ1) is 19.7. The molecule has 2 fully saturated rings. The topological polar surface area (TPSA) is 93.3 Å². The van der Waals surface area contributed by atoms with E-state index in [9.17, 15) is 18.7 Å². The van der Waals surface area contributed by atoms with Crippen molar-refractivity contribution in [2.75, 3.05) is 56.6 Å². The molecule has 10 nitrogen and oxygen atoms in total. The summed E-state index contributed by atoms with van der Waals surface area (Å²) in [6.45, 7) is 4.78. The van der Waals surface area contributed by atoms with Crippen molar-refractivity contribution in [3.63, 3.8) is 0 Å². The Morgan fingerprint density at radius 1 is 1.12 bits per heavy atom. The highest BCUT2D eigenvalue weighted by molar-refractivity contribution is 7.20. The van der Waals surface area contributed by atoms with Gasteiger partial charge in [0.15, 0.2) is 10.9 Å². The molecule has 0 radical (unpaired) electrons. The maximum atomic E-state index is 15.0. The summed E-state index contributed by atoms with van der Waals surface area (Å²) in [6, 6.07) is 5.83. The highest BCUT2D eigenvalue weighted by atomic mass is 32.1. The summed E-state index contributed by atoms with van der Waals surface area (Å²) >= 11 is 2.44. The van der Waals surface area contributed by atoms with Gasteiger partial charge in [0.2, 0.25) is 21.1 Å². The number of likely N-dealkylation sites (tertiary alicyclic amines) is 1. The number of piperidine rings is 1. The molecule has 1 aromatic carbocycles. The summed E-state index contributed by atoms with van der Waals surface area (Å²) in [6.07, 6.45) is 2.24. The van der Waals surface area contributed by atoms with Crippen molar-refractivity contribution in [2.24, 2.45) is 0 Å². The number of halogens is 2. The number of anilines is 3. The molecule has 1 amide bonds. The van der Waals surface area contributed by atoms with Crippen molar-refractivity contribution in [1.82, 2.24) is 29.4 Å². The van der Waals surface area contributed by atoms with Crippen LogP contribution in [0.25, 0.3) is 16.2 Å². The lowest BCUT2D eigenvalue weighted by Gasteiger charge is -2.40. The number of carbonyl (C=O) groups excluding carboxylic acids is 1. The first-order valence-corrected chi connectivity index (χ1v) is 15.3. The maximum absolute atomic E-state index is 15.0. The maximum Gasteiger partial charge on any atom is 0.236 e. The van der Waals surface area contributed by atoms with Crippen molar-refractivity contribution in [3.8, 4) is 11.3 Å². The van der Waals surface area contributed by atoms with Crippen LogP contribution in [0.1, 0.15) is 25.5 Å². The highest BCUT2D eigenvalue weighted by Crippen LogP contribution is 2.38. The smallest absolute Gasteiger partial charge is 0.236 e. The van der Waals surface area contributed by atoms with E-state index in [4.69, 9.17) is 10.1 Å². The van der Waals surface area contributed by atoms with Gasteiger partial charge < -0.3 is 19.8 Å². The third-order valence-electron chi connectivity index (χ3n) is 7.76. The van der Waals surface area contributed by atoms with Gasteiger partial charge in [-0.05, 0) is 50.6 Å². The lowest BCUT2D eigenvalue weighted by atomic mass is 10.0. The number of thiazole rings is 1. The SMILES string of the molecule is CCc1nc2sc(N3CCCC(N(C)CC(=O)N4CC(O)C4)C3)nn2c1N(C)c1nc(-c2ccc(F)cc2)c(F)s1. The zero-order valence-corrected chi connectivity index (χ0v) is 24.8. The number of fused-ring (bicyclic) bond motifs is 1. The first kappa shape index (κ1) is 27.9. The summed E-state index contributed by atoms with van der Waals surface area (Å²) in [5, 5.41) is 15.3. The molecule has 0 aliphatic carbocycles. The van der Waals surface area contributed by atoms with E-state index in [1.165, 1.54) is 35.6 Å². The molecule has 6 rings (SSSR count). The molecular formula is C27H32F2N8O2S2. The van der Waals surface area contributed by atoms with Crippen molar-refractivity contribution in [2.45, 2.75) is 38.3 Å². The molecular weight excluding hydrogens is 570 g/mol. The molecule has 2 aliphatic heterocycles. The van der Waals surface area contributed by atoms with Crippen LogP contribution in [-0.2, 0) is 11.2 Å². The Morgan fingerprint density at radius 3 is 2.59 bits per heavy atom. The number of aliphatic hydroxyl groups is 1. The van der Waals surface area contributed by atoms with Gasteiger partial charge >= 0.3 is 0 Å². The minimum Gasteiger partial charge on any atom is -0.389 e. The van der Waals surface area contributed by atoms with Gasteiger partial charge in [-0.3, -0.25) is 9.69 Å². The molecule has 0 spiro atoms. The standard InChI is InChI=1S/C27H32F2N8O2S2/c1-4-20-24(34(3)25-31-22(23(29)40-25)16-7-9-17(28)10-8-16)37-26(30-20)41-27(32-37)35-11-5-6-18(12-35)33(2)15-21(39)36-13-19(38)14-36/h7-10,18-19,38H,4-6,11-15H2,1-3H3. The summed E-state index contributed by atoms with van der Waals surface area (Å²) in [7, 11) is 3.80. The fraction of sp³-hybridized carbons (Fsp3) is 0.481. The van der Waals surface area contributed by atoms with E-state index in [1.54, 1.807) is 4.90 Å². The number of benzene rings is 1. The van der Waals surface area contributed by atoms with Crippen LogP contribution in [0.3, 0.4) is 0 Å². The van der Waals surface area contributed by atoms with Crippen LogP contribution in [-0.4, -0.2) is 99.4 Å². The Hall–Kier alpha value is -3.20. The normalized spacial score (nSPS) is 18.0. The van der Waals surface area contributed by atoms with Crippen LogP contribution in [0.2, 0.25) is 0 Å². The number of aryl methyl sites for hydroxylation is 1. The number of imidazole rings is 1. The predicted molar refractivity (Wildman–Crippen MR) is 156 cm³/mol. The van der Waals surface area contributed by atoms with E-state index < -0.39 is 11.2 Å². The van der Waals surface area contributed by atoms with Crippen LogP contribution in [0.15, 0.2) is 24.3 Å². The molecule has 1 unspecified atom stereocenters. The van der Waals surface area contributed by atoms with Crippen molar-refractivity contribution in [1.29, 1.82) is 0 Å². The van der Waals surface area contributed by atoms with Crippen molar-refractivity contribution >= 4 is 49.6 Å². The molecule has 14 heteroatoms. The zero-order chi connectivity index (χ0) is 28.8. The number of rotatable bonds is 8. The zero-order valence-electron chi connectivity index (χ0n) is 23.1. The quantitative estimate of drug-likeness (QED) is 0.327. The molecule has 218 valence electrons. The number of nitrogens with zero attached hydrogens (tertiary/aromatic N) is 8. The summed E-state index contributed by atoms with van der Waals surface area (Å²) < 4.78 is 30.2. The Labute approximate surface area is 244 Å². The van der Waals surface area contributed by atoms with Gasteiger partial charge in [0.1, 0.15) is 11.5 Å². The third-order valence-corrected chi connectivity index (χ3v) is 9.65. The lowest BCUT2D eigenvalue weighted by molar-refractivity contribution is -0.142. The largest absolute Gasteiger partial charge is 0.389 e. The predicted octanol–water partition coefficient (Wildman–Crippen LogP) is 3.63. The van der Waals surface area contributed by atoms with E-state index in [0.29, 0.717) is 36.8 Å². The molecule has 2 aliphatic rings. The molecule has 3 aromatic heterocycles. The van der Waals surface area contributed by atoms with Crippen LogP contribution in [0.4, 0.5) is 24.9 Å². The minimum absolute atomic E-state index is 0.0450. The van der Waals surface area contributed by atoms with E-state index in [1.807, 2.05) is 30.4 Å². The van der Waals surface area contributed by atoms with Gasteiger partial charge in [0.25, 0.3) is 0 Å². The Balaban J connectivity index is 1.22. The molecule has 1 N–H and O–H groups in total. The van der Waals surface area contributed by atoms with Crippen LogP contribution in [0, 0.1) is 10.9 Å². The molecule has 1 atom stereocenters. The number of β-amino-alcohol motifs (C(OH)–C–C–N with tert-alkyl or cyclic N) is 1. The molecule has 0 bridgehead atoms. The number of aliphatic hydroxyl groups excluding tert-OH is 1. The second-order valence-corrected chi connectivity index (χ2v) is 12.5. The van der Waals surface area contributed by atoms with Gasteiger partial charge in [-0.15, -0.1) is 5.10 Å². The van der Waals surface area contributed by atoms with E-state index in [2.05, 4.69) is 14.8 Å². The Morgan fingerprint density at radius 2 is 1.88 bits per heavy atom. The summed E-state index contributed by atoms with van der Waals surface area (Å²) in [5.74, 6) is 0.393. The number of likely N-dealkylation sites (N-methyl/N-ethyl adjacent to an activating group) is 1. The van der Waals surface area contributed by atoms with Gasteiger partial charge in [0, 0.05) is 44.8 Å². The lowest BCUT2D eigenvalue weighted by Crippen LogP contribution is -2.57. The van der Waals surface area contributed by atoms with Gasteiger partial charge in [0.05, 0.1) is 18.3 Å². The average molecular weight is 603 g/mol. The van der Waals surface area contributed by atoms with Crippen molar-refractivity contribution in [3.05, 3.63) is 40.9 Å². The Bertz CT molecular complexity index is 1550. The monoisotopic (exact) mass is 602 g/mol. The number of carbonyl (C=O) groups is 1. The fourth-order valence-electron chi connectivity index (χ4n) is 5.37. The molecule has 5 heterocycles. The molecule has 4 aromatic rings. The van der Waals surface area contributed by atoms with Gasteiger partial charge in [-0.1, -0.05) is 29.6 Å².